The van der Waals surface area contributed by atoms with Crippen molar-refractivity contribution in [1.82, 2.24) is 5.32 Å². The minimum absolute atomic E-state index is 0.833. The summed E-state index contributed by atoms with van der Waals surface area (Å²) in [5.74, 6) is -0.833. The van der Waals surface area contributed by atoms with Crippen LogP contribution in [-0.2, 0) is 4.79 Å². The maximum Gasteiger partial charge on any atom is 0.300 e. The van der Waals surface area contributed by atoms with E-state index < -0.39 is 5.97 Å². The van der Waals surface area contributed by atoms with Gasteiger partial charge >= 0.3 is 0 Å². The molecule has 3 heteroatoms. The van der Waals surface area contributed by atoms with Gasteiger partial charge in [-0.3, -0.25) is 4.79 Å². The van der Waals surface area contributed by atoms with Gasteiger partial charge in [-0.15, -0.1) is 0 Å². The zero-order valence-electron chi connectivity index (χ0n) is 8.27. The lowest BCUT2D eigenvalue weighted by Crippen LogP contribution is -1.89. The number of rotatable bonds is 1. The third-order valence-electron chi connectivity index (χ3n) is 0.500. The quantitative estimate of drug-likeness (QED) is 0.619. The molecular weight excluding hydrogens is 142 g/mol. The van der Waals surface area contributed by atoms with Crippen molar-refractivity contribution in [2.75, 3.05) is 14.1 Å². The van der Waals surface area contributed by atoms with Crippen molar-refractivity contribution in [1.29, 1.82) is 0 Å². The highest BCUT2D eigenvalue weighted by molar-refractivity contribution is 5.62. The standard InChI is InChI=1S/C4H10.C2H7N.C2H4O2/c1-3-4-2;1-3-2;1-2(3)4/h3-4H2,1-2H3;3H,1-2H3;1H3,(H,3,4). The van der Waals surface area contributed by atoms with Gasteiger partial charge in [0.2, 0.25) is 0 Å². The molecule has 0 spiro atoms. The van der Waals surface area contributed by atoms with Gasteiger partial charge in [-0.1, -0.05) is 26.7 Å². The van der Waals surface area contributed by atoms with Crippen LogP contribution in [-0.4, -0.2) is 25.2 Å². The second kappa shape index (κ2) is 22.7. The lowest BCUT2D eigenvalue weighted by molar-refractivity contribution is -0.134. The van der Waals surface area contributed by atoms with E-state index in [-0.39, 0.29) is 0 Å². The molecule has 0 atom stereocenters. The van der Waals surface area contributed by atoms with E-state index in [1.165, 1.54) is 12.8 Å². The Labute approximate surface area is 69.8 Å². The molecule has 0 aliphatic rings. The molecule has 0 aliphatic carbocycles. The summed E-state index contributed by atoms with van der Waals surface area (Å²) in [6, 6.07) is 0. The summed E-state index contributed by atoms with van der Waals surface area (Å²) in [6.45, 7) is 5.44. The highest BCUT2D eigenvalue weighted by Crippen LogP contribution is 1.76. The Morgan fingerprint density at radius 1 is 1.27 bits per heavy atom. The normalized spacial score (nSPS) is 6.64. The Bertz CT molecular complexity index is 59.1. The molecule has 11 heavy (non-hydrogen) atoms. The van der Waals surface area contributed by atoms with E-state index in [1.807, 2.05) is 14.1 Å². The molecule has 0 rings (SSSR count). The molecule has 0 saturated carbocycles. The minimum atomic E-state index is -0.833. The molecule has 0 aromatic rings. The monoisotopic (exact) mass is 163 g/mol. The van der Waals surface area contributed by atoms with Crippen LogP contribution in [0, 0.1) is 0 Å². The van der Waals surface area contributed by atoms with Crippen LogP contribution in [0.25, 0.3) is 0 Å². The summed E-state index contributed by atoms with van der Waals surface area (Å²) in [6.07, 6.45) is 2.64. The number of hydrogen-bond donors (Lipinski definition) is 2. The summed E-state index contributed by atoms with van der Waals surface area (Å²) in [7, 11) is 3.75. The van der Waals surface area contributed by atoms with Gasteiger partial charge in [0.15, 0.2) is 0 Å². The summed E-state index contributed by atoms with van der Waals surface area (Å²) in [5.41, 5.74) is 0. The van der Waals surface area contributed by atoms with Gasteiger partial charge in [-0.25, -0.2) is 0 Å². The first-order valence-corrected chi connectivity index (χ1v) is 3.84. The fraction of sp³-hybridized carbons (Fsp3) is 0.875. The fourth-order valence-corrected chi connectivity index (χ4v) is 0. The van der Waals surface area contributed by atoms with Crippen LogP contribution < -0.4 is 5.32 Å². The Balaban J connectivity index is -0.0000000886. The molecule has 0 saturated heterocycles. The first kappa shape index (κ1) is 16.8. The Kier molecular flexibility index (Phi) is 34.7. The molecule has 0 aromatic heterocycles. The smallest absolute Gasteiger partial charge is 0.300 e. The zero-order chi connectivity index (χ0) is 9.70. The molecule has 0 aromatic carbocycles. The van der Waals surface area contributed by atoms with Gasteiger partial charge in [0.25, 0.3) is 5.97 Å². The van der Waals surface area contributed by atoms with Crippen LogP contribution in [0.2, 0.25) is 0 Å². The van der Waals surface area contributed by atoms with Crippen LogP contribution in [0.4, 0.5) is 0 Å². The lowest BCUT2D eigenvalue weighted by Gasteiger charge is -1.68. The average Bonchev–Trinajstić information content (AvgIpc) is 1.88. The molecule has 2 N–H and O–H groups in total. The fourth-order valence-electron chi connectivity index (χ4n) is 0. The topological polar surface area (TPSA) is 49.3 Å². The second-order valence-electron chi connectivity index (χ2n) is 2.02. The van der Waals surface area contributed by atoms with E-state index in [2.05, 4.69) is 19.2 Å². The van der Waals surface area contributed by atoms with Crippen molar-refractivity contribution in [3.05, 3.63) is 0 Å². The van der Waals surface area contributed by atoms with E-state index in [4.69, 9.17) is 9.90 Å². The highest BCUT2D eigenvalue weighted by atomic mass is 16.4. The third kappa shape index (κ3) is 2820. The highest BCUT2D eigenvalue weighted by Gasteiger charge is 1.65. The van der Waals surface area contributed by atoms with Gasteiger partial charge in [0, 0.05) is 6.92 Å². The molecule has 0 heterocycles. The van der Waals surface area contributed by atoms with E-state index in [1.54, 1.807) is 0 Å². The predicted molar refractivity (Wildman–Crippen MR) is 48.9 cm³/mol. The number of unbranched alkanes of at least 4 members (excludes halogenated alkanes) is 1. The Morgan fingerprint density at radius 3 is 1.36 bits per heavy atom. The maximum absolute atomic E-state index is 9.00. The van der Waals surface area contributed by atoms with Crippen LogP contribution in [0.1, 0.15) is 33.6 Å². The maximum atomic E-state index is 9.00. The van der Waals surface area contributed by atoms with Crippen LogP contribution in [0.15, 0.2) is 0 Å². The second-order valence-corrected chi connectivity index (χ2v) is 2.02. The summed E-state index contributed by atoms with van der Waals surface area (Å²) < 4.78 is 0. The van der Waals surface area contributed by atoms with Crippen molar-refractivity contribution in [2.45, 2.75) is 33.6 Å². The van der Waals surface area contributed by atoms with E-state index in [9.17, 15) is 0 Å². The molecule has 0 amide bonds. The summed E-state index contributed by atoms with van der Waals surface area (Å²) >= 11 is 0. The zero-order valence-corrected chi connectivity index (χ0v) is 8.27. The number of carboxylic acids is 1. The molecule has 3 nitrogen and oxygen atoms in total. The largest absolute Gasteiger partial charge is 0.481 e. The number of carbonyl (C=O) groups is 1. The first-order chi connectivity index (χ1) is 5.06. The van der Waals surface area contributed by atoms with Crippen molar-refractivity contribution < 1.29 is 9.90 Å². The van der Waals surface area contributed by atoms with Crippen molar-refractivity contribution in [2.24, 2.45) is 0 Å². The van der Waals surface area contributed by atoms with Crippen molar-refractivity contribution in [3.8, 4) is 0 Å². The predicted octanol–water partition coefficient (Wildman–Crippen LogP) is 1.73. The molecule has 0 radical (unpaired) electrons. The SMILES string of the molecule is CC(=O)O.CCCC.CNC. The van der Waals surface area contributed by atoms with Gasteiger partial charge in [0.05, 0.1) is 0 Å². The van der Waals surface area contributed by atoms with Crippen LogP contribution in [0.5, 0.6) is 0 Å². The number of nitrogens with one attached hydrogen (secondary N) is 1. The lowest BCUT2D eigenvalue weighted by atomic mass is 10.4. The Morgan fingerprint density at radius 2 is 1.36 bits per heavy atom. The van der Waals surface area contributed by atoms with Crippen molar-refractivity contribution >= 4 is 5.97 Å². The van der Waals surface area contributed by atoms with E-state index in [0.717, 1.165) is 6.92 Å². The van der Waals surface area contributed by atoms with Gasteiger partial charge in [-0.05, 0) is 14.1 Å². The van der Waals surface area contributed by atoms with Gasteiger partial charge in [0.1, 0.15) is 0 Å². The molecular formula is C8H21NO2. The number of aliphatic carboxylic acids is 1. The summed E-state index contributed by atoms with van der Waals surface area (Å²) in [4.78, 5) is 9.00. The molecule has 0 fully saturated rings. The molecule has 0 bridgehead atoms. The number of hydrogen-bond acceptors (Lipinski definition) is 2. The molecule has 70 valence electrons. The minimum Gasteiger partial charge on any atom is -0.481 e. The average molecular weight is 163 g/mol. The van der Waals surface area contributed by atoms with Crippen LogP contribution in [0.3, 0.4) is 0 Å². The third-order valence-corrected chi connectivity index (χ3v) is 0.500. The summed E-state index contributed by atoms with van der Waals surface area (Å²) in [5, 5.41) is 10.2. The van der Waals surface area contributed by atoms with E-state index >= 15 is 0 Å². The van der Waals surface area contributed by atoms with Gasteiger partial charge in [-0.2, -0.15) is 0 Å². The molecule has 0 aliphatic heterocycles. The first-order valence-electron chi connectivity index (χ1n) is 3.84. The van der Waals surface area contributed by atoms with Crippen LogP contribution >= 0.6 is 0 Å². The van der Waals surface area contributed by atoms with Gasteiger partial charge < -0.3 is 10.4 Å². The molecule has 0 unspecified atom stereocenters. The Hall–Kier alpha value is -0.570. The van der Waals surface area contributed by atoms with Crippen molar-refractivity contribution in [3.63, 3.8) is 0 Å². The van der Waals surface area contributed by atoms with E-state index in [0.29, 0.717) is 0 Å². The number of carboxylic acid groups (broad SMARTS) is 1.